The largest absolute Gasteiger partial charge is 0.399 e. The van der Waals surface area contributed by atoms with Crippen molar-refractivity contribution in [3.8, 4) is 0 Å². The van der Waals surface area contributed by atoms with Gasteiger partial charge in [-0.3, -0.25) is 8.89 Å². The van der Waals surface area contributed by atoms with Gasteiger partial charge >= 0.3 is 0 Å². The van der Waals surface area contributed by atoms with Crippen LogP contribution in [0.5, 0.6) is 0 Å². The van der Waals surface area contributed by atoms with Gasteiger partial charge in [0.2, 0.25) is 0 Å². The summed E-state index contributed by atoms with van der Waals surface area (Å²) in [6.45, 7) is 0. The average molecular weight is 306 g/mol. The Morgan fingerprint density at radius 3 is 3.05 bits per heavy atom. The number of nitrogen functional groups attached to an aromatic ring is 1. The van der Waals surface area contributed by atoms with Gasteiger partial charge in [-0.05, 0) is 30.2 Å². The topological polar surface area (TPSA) is 73.8 Å². The lowest BCUT2D eigenvalue weighted by Crippen LogP contribution is -2.00. The van der Waals surface area contributed by atoms with E-state index in [1.807, 2.05) is 31.4 Å². The molecule has 0 aliphatic carbocycles. The third-order valence-corrected chi connectivity index (χ3v) is 5.60. The van der Waals surface area contributed by atoms with Crippen LogP contribution < -0.4 is 5.73 Å². The van der Waals surface area contributed by atoms with Gasteiger partial charge in [0.25, 0.3) is 0 Å². The van der Waals surface area contributed by atoms with Crippen molar-refractivity contribution in [2.24, 2.45) is 7.05 Å². The van der Waals surface area contributed by atoms with Crippen molar-refractivity contribution in [2.45, 2.75) is 10.8 Å². The number of hydrogen-bond acceptors (Lipinski definition) is 5. The van der Waals surface area contributed by atoms with Crippen molar-refractivity contribution in [3.63, 3.8) is 0 Å². The minimum absolute atomic E-state index is 0.557. The van der Waals surface area contributed by atoms with Crippen molar-refractivity contribution in [2.75, 3.05) is 11.5 Å². The number of aryl methyl sites for hydroxylation is 2. The zero-order valence-electron chi connectivity index (χ0n) is 10.9. The van der Waals surface area contributed by atoms with Crippen LogP contribution in [0.4, 0.5) is 5.69 Å². The molecule has 2 aromatic heterocycles. The summed E-state index contributed by atoms with van der Waals surface area (Å²) >= 11 is 1.45. The highest BCUT2D eigenvalue weighted by Crippen LogP contribution is 2.26. The minimum Gasteiger partial charge on any atom is -0.399 e. The molecule has 0 bridgehead atoms. The standard InChI is InChI=1S/C13H14N4OS2/c1-17-8-9(7-15-17)4-5-20(18)13-16-11-3-2-10(14)6-12(11)19-13/h2-3,6-8H,4-5,14H2,1H3. The van der Waals surface area contributed by atoms with Crippen LogP contribution in [0.2, 0.25) is 0 Å². The number of nitrogens with zero attached hydrogens (tertiary/aromatic N) is 3. The summed E-state index contributed by atoms with van der Waals surface area (Å²) in [5.41, 5.74) is 8.39. The molecule has 20 heavy (non-hydrogen) atoms. The number of nitrogens with two attached hydrogens (primary N) is 1. The molecule has 0 fully saturated rings. The maximum atomic E-state index is 12.3. The SMILES string of the molecule is Cn1cc(CCS(=O)c2nc3ccc(N)cc3s2)cn1. The van der Waals surface area contributed by atoms with E-state index in [2.05, 4.69) is 10.1 Å². The smallest absolute Gasteiger partial charge is 0.181 e. The number of fused-ring (bicyclic) bond motifs is 1. The lowest BCUT2D eigenvalue weighted by molar-refractivity contribution is 0.682. The lowest BCUT2D eigenvalue weighted by Gasteiger charge is -1.95. The molecule has 7 heteroatoms. The molecule has 1 unspecified atom stereocenters. The van der Waals surface area contributed by atoms with E-state index >= 15 is 0 Å². The van der Waals surface area contributed by atoms with Gasteiger partial charge in [0, 0.05) is 24.7 Å². The highest BCUT2D eigenvalue weighted by molar-refractivity contribution is 7.87. The summed E-state index contributed by atoms with van der Waals surface area (Å²) < 4.78 is 15.7. The Morgan fingerprint density at radius 2 is 2.30 bits per heavy atom. The third kappa shape index (κ3) is 2.73. The quantitative estimate of drug-likeness (QED) is 0.748. The minimum atomic E-state index is -1.08. The maximum Gasteiger partial charge on any atom is 0.181 e. The van der Waals surface area contributed by atoms with Crippen molar-refractivity contribution < 1.29 is 4.21 Å². The van der Waals surface area contributed by atoms with Gasteiger partial charge in [-0.25, -0.2) is 4.98 Å². The molecule has 5 nitrogen and oxygen atoms in total. The van der Waals surface area contributed by atoms with Crippen LogP contribution >= 0.6 is 11.3 Å². The third-order valence-electron chi connectivity index (χ3n) is 2.92. The van der Waals surface area contributed by atoms with Crippen LogP contribution in [0, 0.1) is 0 Å². The van der Waals surface area contributed by atoms with Crippen LogP contribution in [0.15, 0.2) is 34.9 Å². The fraction of sp³-hybridized carbons (Fsp3) is 0.231. The second-order valence-corrected chi connectivity index (χ2v) is 7.30. The van der Waals surface area contributed by atoms with E-state index in [0.717, 1.165) is 22.2 Å². The average Bonchev–Trinajstić information content (AvgIpc) is 3.01. The molecule has 1 aromatic carbocycles. The first-order valence-electron chi connectivity index (χ1n) is 6.14. The zero-order chi connectivity index (χ0) is 14.1. The Labute approximate surface area is 122 Å². The van der Waals surface area contributed by atoms with Gasteiger partial charge in [0.05, 0.1) is 27.2 Å². The van der Waals surface area contributed by atoms with Gasteiger partial charge in [-0.15, -0.1) is 11.3 Å². The Morgan fingerprint density at radius 1 is 1.45 bits per heavy atom. The summed E-state index contributed by atoms with van der Waals surface area (Å²) in [6, 6.07) is 5.54. The van der Waals surface area contributed by atoms with Gasteiger partial charge in [-0.1, -0.05) is 0 Å². The molecular weight excluding hydrogens is 292 g/mol. The van der Waals surface area contributed by atoms with E-state index in [9.17, 15) is 4.21 Å². The first-order chi connectivity index (χ1) is 9.61. The normalized spacial score (nSPS) is 12.8. The molecular formula is C13H14N4OS2. The maximum absolute atomic E-state index is 12.3. The lowest BCUT2D eigenvalue weighted by atomic mass is 10.3. The van der Waals surface area contributed by atoms with Gasteiger partial charge < -0.3 is 5.73 Å². The van der Waals surface area contributed by atoms with Gasteiger partial charge in [0.1, 0.15) is 0 Å². The number of aromatic nitrogens is 3. The second-order valence-electron chi connectivity index (χ2n) is 4.53. The Bertz CT molecular complexity index is 778. The van der Waals surface area contributed by atoms with Crippen molar-refractivity contribution >= 4 is 38.0 Å². The molecule has 0 radical (unpaired) electrons. The molecule has 0 spiro atoms. The van der Waals surface area contributed by atoms with E-state index in [1.54, 1.807) is 10.9 Å². The zero-order valence-corrected chi connectivity index (χ0v) is 12.6. The van der Waals surface area contributed by atoms with Crippen LogP contribution in [-0.2, 0) is 24.3 Å². The summed E-state index contributed by atoms with van der Waals surface area (Å²) in [5.74, 6) is 0.557. The van der Waals surface area contributed by atoms with Crippen LogP contribution in [0.1, 0.15) is 5.56 Å². The van der Waals surface area contributed by atoms with Crippen molar-refractivity contribution in [3.05, 3.63) is 36.2 Å². The summed E-state index contributed by atoms with van der Waals surface area (Å²) in [7, 11) is 0.789. The predicted octanol–water partition coefficient (Wildman–Crippen LogP) is 1.96. The number of rotatable bonds is 4. The van der Waals surface area contributed by atoms with Gasteiger partial charge in [-0.2, -0.15) is 5.10 Å². The second kappa shape index (κ2) is 5.34. The summed E-state index contributed by atoms with van der Waals surface area (Å²) in [5, 5.41) is 4.10. The highest BCUT2D eigenvalue weighted by Gasteiger charge is 2.11. The number of thiazole rings is 1. The number of hydrogen-bond donors (Lipinski definition) is 1. The fourth-order valence-corrected chi connectivity index (χ4v) is 4.35. The molecule has 0 amide bonds. The Hall–Kier alpha value is -1.73. The predicted molar refractivity (Wildman–Crippen MR) is 82.2 cm³/mol. The van der Waals surface area contributed by atoms with E-state index < -0.39 is 10.8 Å². The summed E-state index contributed by atoms with van der Waals surface area (Å²) in [4.78, 5) is 4.41. The van der Waals surface area contributed by atoms with Crippen LogP contribution in [0.3, 0.4) is 0 Å². The first kappa shape index (κ1) is 13.3. The van der Waals surface area contributed by atoms with Crippen LogP contribution in [0.25, 0.3) is 10.2 Å². The molecule has 0 saturated carbocycles. The van der Waals surface area contributed by atoms with Crippen LogP contribution in [-0.4, -0.2) is 24.7 Å². The monoisotopic (exact) mass is 306 g/mol. The molecule has 2 N–H and O–H groups in total. The molecule has 0 aliphatic rings. The number of anilines is 1. The molecule has 2 heterocycles. The molecule has 0 aliphatic heterocycles. The van der Waals surface area contributed by atoms with E-state index in [4.69, 9.17) is 5.73 Å². The Kier molecular flexibility index (Phi) is 3.54. The van der Waals surface area contributed by atoms with E-state index in [0.29, 0.717) is 15.8 Å². The molecule has 0 saturated heterocycles. The highest BCUT2D eigenvalue weighted by atomic mass is 32.2. The van der Waals surface area contributed by atoms with Gasteiger partial charge in [0.15, 0.2) is 4.34 Å². The van der Waals surface area contributed by atoms with E-state index in [1.165, 1.54) is 11.3 Å². The first-order valence-corrected chi connectivity index (χ1v) is 8.27. The molecule has 104 valence electrons. The van der Waals surface area contributed by atoms with Crippen molar-refractivity contribution in [1.82, 2.24) is 14.8 Å². The molecule has 1 atom stereocenters. The summed E-state index contributed by atoms with van der Waals surface area (Å²) in [6.07, 6.45) is 4.48. The van der Waals surface area contributed by atoms with Crippen molar-refractivity contribution in [1.29, 1.82) is 0 Å². The Balaban J connectivity index is 1.75. The number of benzene rings is 1. The molecule has 3 aromatic rings. The molecule has 3 rings (SSSR count). The fourth-order valence-electron chi connectivity index (χ4n) is 1.92. The van der Waals surface area contributed by atoms with E-state index in [-0.39, 0.29) is 0 Å².